The molecule has 0 atom stereocenters. The Morgan fingerprint density at radius 3 is 1.60 bits per heavy atom. The van der Waals surface area contributed by atoms with E-state index in [1.165, 1.54) is 24.1 Å². The molecule has 0 heterocycles. The Balaban J connectivity index is 3.47. The van der Waals surface area contributed by atoms with Gasteiger partial charge in [-0.3, -0.25) is 0 Å². The quantitative estimate of drug-likeness (QED) is 0.494. The van der Waals surface area contributed by atoms with E-state index >= 15 is 0 Å². The van der Waals surface area contributed by atoms with Crippen LogP contribution in [0.4, 0.5) is 0 Å². The van der Waals surface area contributed by atoms with Gasteiger partial charge in [-0.1, -0.05) is 0 Å². The summed E-state index contributed by atoms with van der Waals surface area (Å²) in [5.74, 6) is 0. The van der Waals surface area contributed by atoms with Gasteiger partial charge in [0.05, 0.1) is 0 Å². The summed E-state index contributed by atoms with van der Waals surface area (Å²) in [4.78, 5) is 0. The first kappa shape index (κ1) is 6.11. The third kappa shape index (κ3) is 40.0. The van der Waals surface area contributed by atoms with Gasteiger partial charge in [0.1, 0.15) is 0 Å². The Hall–Kier alpha value is 1.11. The summed E-state index contributed by atoms with van der Waals surface area (Å²) >= 11 is 1.17. The van der Waals surface area contributed by atoms with Gasteiger partial charge in [0.15, 0.2) is 0 Å². The zero-order valence-electron chi connectivity index (χ0n) is 3.36. The fourth-order valence-corrected chi connectivity index (χ4v) is 0. The fourth-order valence-electron chi connectivity index (χ4n) is 0. The molecule has 0 rings (SSSR count). The van der Waals surface area contributed by atoms with E-state index in [1.807, 2.05) is 0 Å². The molecule has 0 saturated heterocycles. The van der Waals surface area contributed by atoms with Gasteiger partial charge >= 0.3 is 46.5 Å². The van der Waals surface area contributed by atoms with Crippen LogP contribution >= 0.6 is 4.43 Å². The van der Waals surface area contributed by atoms with E-state index in [4.69, 9.17) is 0 Å². The Morgan fingerprint density at radius 1 is 1.60 bits per heavy atom. The molecule has 0 aromatic rings. The molecule has 0 bridgehead atoms. The molecule has 0 aromatic carbocycles. The zero-order chi connectivity index (χ0) is 4.50. The molecule has 1 nitrogen and oxygen atoms in total. The van der Waals surface area contributed by atoms with E-state index in [0.717, 1.165) is 0 Å². The molecule has 0 spiro atoms. The predicted molar refractivity (Wildman–Crippen MR) is 19.5 cm³/mol. The molecule has 0 aliphatic rings. The van der Waals surface area contributed by atoms with Gasteiger partial charge in [0.2, 0.25) is 0 Å². The minimum absolute atomic E-state index is 1.17. The summed E-state index contributed by atoms with van der Waals surface area (Å²) in [5, 5.41) is 0. The number of rotatable bonds is 0. The van der Waals surface area contributed by atoms with Crippen molar-refractivity contribution in [1.82, 2.24) is 0 Å². The molecule has 0 amide bonds. The molecular weight excluding hydrogens is 162 g/mol. The van der Waals surface area contributed by atoms with Crippen LogP contribution in [-0.4, -0.2) is 13.3 Å². The van der Waals surface area contributed by atoms with Crippen LogP contribution in [0.3, 0.4) is 0 Å². The van der Waals surface area contributed by atoms with Gasteiger partial charge in [-0.25, -0.2) is 0 Å². The first-order valence-electron chi connectivity index (χ1n) is 1.30. The van der Waals surface area contributed by atoms with Crippen molar-refractivity contribution in [2.45, 2.75) is 0 Å². The van der Waals surface area contributed by atoms with Gasteiger partial charge in [-0.15, -0.1) is 0 Å². The van der Waals surface area contributed by atoms with Crippen LogP contribution in [0.2, 0.25) is 0 Å². The maximum atomic E-state index is 10.3. The van der Waals surface area contributed by atoms with Crippen molar-refractivity contribution in [2.75, 3.05) is 13.3 Å². The first-order chi connectivity index (χ1) is 2.00. The van der Waals surface area contributed by atoms with E-state index in [9.17, 15) is 4.57 Å². The van der Waals surface area contributed by atoms with Crippen LogP contribution in [0, 0.1) is 0 Å². The minimum atomic E-state index is -1.55. The Labute approximate surface area is 46.6 Å². The number of hydrogen-bond acceptors (Lipinski definition) is 1. The van der Waals surface area contributed by atoms with Crippen LogP contribution < -0.4 is 0 Å². The summed E-state index contributed by atoms with van der Waals surface area (Å²) in [6.45, 7) is 3.57. The van der Waals surface area contributed by atoms with Crippen molar-refractivity contribution in [3.63, 3.8) is 0 Å². The molecule has 0 aliphatic carbocycles. The van der Waals surface area contributed by atoms with Crippen molar-refractivity contribution in [1.29, 1.82) is 0 Å². The molecular formula is C2H6OPZr. The van der Waals surface area contributed by atoms with Crippen LogP contribution in [0.25, 0.3) is 0 Å². The Kier molecular flexibility index (Phi) is 2.09. The predicted octanol–water partition coefficient (Wildman–Crippen LogP) is 1.07. The van der Waals surface area contributed by atoms with E-state index < -0.39 is 4.43 Å². The third-order valence-corrected chi connectivity index (χ3v) is 0. The molecule has 0 radical (unpaired) electrons. The van der Waals surface area contributed by atoms with Crippen LogP contribution in [-0.2, 0) is 28.7 Å². The summed E-state index contributed by atoms with van der Waals surface area (Å²) in [5.41, 5.74) is 0. The molecule has 0 aliphatic heterocycles. The fraction of sp³-hybridized carbons (Fsp3) is 1.00. The van der Waals surface area contributed by atoms with Crippen LogP contribution in [0.15, 0.2) is 0 Å². The van der Waals surface area contributed by atoms with Gasteiger partial charge in [0, 0.05) is 0 Å². The molecule has 0 aromatic heterocycles. The molecule has 0 saturated carbocycles. The Morgan fingerprint density at radius 2 is 1.60 bits per heavy atom. The molecule has 5 heavy (non-hydrogen) atoms. The van der Waals surface area contributed by atoms with Crippen LogP contribution in [0.5, 0.6) is 0 Å². The third-order valence-electron chi connectivity index (χ3n) is 0. The average molecular weight is 168 g/mol. The van der Waals surface area contributed by atoms with E-state index in [-0.39, 0.29) is 0 Å². The second-order valence-electron chi connectivity index (χ2n) is 1.35. The van der Waals surface area contributed by atoms with Crippen LogP contribution in [0.1, 0.15) is 0 Å². The molecule has 0 N–H and O–H groups in total. The van der Waals surface area contributed by atoms with E-state index in [2.05, 4.69) is 0 Å². The van der Waals surface area contributed by atoms with Gasteiger partial charge < -0.3 is 0 Å². The molecule has 0 fully saturated rings. The van der Waals surface area contributed by atoms with Crippen molar-refractivity contribution in [2.24, 2.45) is 0 Å². The van der Waals surface area contributed by atoms with E-state index in [1.54, 1.807) is 13.3 Å². The average Bonchev–Trinajstić information content (AvgIpc) is 0.722. The van der Waals surface area contributed by atoms with Crippen molar-refractivity contribution in [3.05, 3.63) is 0 Å². The molecule has 29 valence electrons. The summed E-state index contributed by atoms with van der Waals surface area (Å²) in [6.07, 6.45) is 0. The summed E-state index contributed by atoms with van der Waals surface area (Å²) < 4.78 is 8.71. The monoisotopic (exact) mass is 167 g/mol. The normalized spacial score (nSPS) is 11.4. The van der Waals surface area contributed by atoms with Gasteiger partial charge in [0.25, 0.3) is 0 Å². The summed E-state index contributed by atoms with van der Waals surface area (Å²) in [7, 11) is 0. The SMILES string of the molecule is C[P](C)(=O)[Zr]. The standard InChI is InChI=1S/C2H6OP.Zr/c1-4(2)3;/h1-2H3;/q+1;-1. The van der Waals surface area contributed by atoms with Crippen molar-refractivity contribution >= 4 is 4.43 Å². The molecule has 3 heteroatoms. The topological polar surface area (TPSA) is 17.1 Å². The summed E-state index contributed by atoms with van der Waals surface area (Å²) in [6, 6.07) is 0. The van der Waals surface area contributed by atoms with Crippen molar-refractivity contribution < 1.29 is 28.7 Å². The van der Waals surface area contributed by atoms with Crippen molar-refractivity contribution in [3.8, 4) is 0 Å². The molecule has 0 unspecified atom stereocenters. The Bertz CT molecular complexity index is 55.8. The zero-order valence-corrected chi connectivity index (χ0v) is 6.71. The van der Waals surface area contributed by atoms with E-state index in [0.29, 0.717) is 0 Å². The van der Waals surface area contributed by atoms with Gasteiger partial charge in [-0.05, 0) is 0 Å². The maximum absolute atomic E-state index is 10.3. The first-order valence-corrected chi connectivity index (χ1v) is 7.20. The second kappa shape index (κ2) is 1.71. The number of hydrogen-bond donors (Lipinski definition) is 0. The second-order valence-corrected chi connectivity index (χ2v) is 12.0. The van der Waals surface area contributed by atoms with Gasteiger partial charge in [-0.2, -0.15) is 0 Å².